The van der Waals surface area contributed by atoms with Gasteiger partial charge in [-0.25, -0.2) is 24.5 Å². The fraction of sp³-hybridized carbons (Fsp3) is 0.364. The molecule has 2 aliphatic heterocycles. The van der Waals surface area contributed by atoms with E-state index >= 15 is 0 Å². The molecule has 14 heteroatoms. The predicted octanol–water partition coefficient (Wildman–Crippen LogP) is 0.621. The summed E-state index contributed by atoms with van der Waals surface area (Å²) in [5.41, 5.74) is 1.26. The van der Waals surface area contributed by atoms with E-state index in [-0.39, 0.29) is 24.7 Å². The predicted molar refractivity (Wildman–Crippen MR) is 122 cm³/mol. The third kappa shape index (κ3) is 4.32. The Morgan fingerprint density at radius 3 is 2.72 bits per heavy atom. The summed E-state index contributed by atoms with van der Waals surface area (Å²) < 4.78 is 19.0. The van der Waals surface area contributed by atoms with Gasteiger partial charge in [0, 0.05) is 13.1 Å². The molecule has 2 aliphatic rings. The van der Waals surface area contributed by atoms with Crippen LogP contribution in [0.4, 0.5) is 10.6 Å². The summed E-state index contributed by atoms with van der Waals surface area (Å²) in [4.78, 5) is 49.1. The van der Waals surface area contributed by atoms with Crippen LogP contribution in [0.5, 0.6) is 0 Å². The molecule has 2 aromatic heterocycles. The second kappa shape index (κ2) is 9.85. The van der Waals surface area contributed by atoms with E-state index in [0.717, 1.165) is 0 Å². The fourth-order valence-corrected chi connectivity index (χ4v) is 4.24. The van der Waals surface area contributed by atoms with E-state index in [1.54, 1.807) is 29.7 Å². The van der Waals surface area contributed by atoms with E-state index in [4.69, 9.17) is 14.2 Å². The molecule has 2 saturated heterocycles. The van der Waals surface area contributed by atoms with Crippen molar-refractivity contribution in [3.63, 3.8) is 0 Å². The summed E-state index contributed by atoms with van der Waals surface area (Å²) in [6, 6.07) is 5.98. The first-order valence-corrected chi connectivity index (χ1v) is 11.2. The molecule has 0 radical (unpaired) electrons. The lowest BCUT2D eigenvalue weighted by molar-refractivity contribution is -0.145. The zero-order chi connectivity index (χ0) is 25.2. The highest BCUT2D eigenvalue weighted by Crippen LogP contribution is 2.38. The monoisotopic (exact) mass is 497 g/mol. The van der Waals surface area contributed by atoms with Crippen molar-refractivity contribution in [1.29, 1.82) is 0 Å². The zero-order valence-corrected chi connectivity index (χ0v) is 19.1. The first kappa shape index (κ1) is 23.6. The van der Waals surface area contributed by atoms with Gasteiger partial charge in [-0.05, 0) is 18.6 Å². The lowest BCUT2D eigenvalue weighted by Crippen LogP contribution is -2.42. The van der Waals surface area contributed by atoms with Gasteiger partial charge in [0.05, 0.1) is 11.9 Å². The quantitative estimate of drug-likeness (QED) is 0.361. The normalized spacial score (nSPS) is 22.8. The van der Waals surface area contributed by atoms with E-state index in [1.165, 1.54) is 18.7 Å². The molecule has 0 bridgehead atoms. The molecule has 0 aliphatic carbocycles. The average Bonchev–Trinajstić information content (AvgIpc) is 3.58. The number of hydrogen-bond donors (Lipinski definition) is 4. The molecule has 4 N–H and O–H groups in total. The maximum absolute atomic E-state index is 13.0. The molecule has 4 heterocycles. The summed E-state index contributed by atoms with van der Waals surface area (Å²) >= 11 is 0. The van der Waals surface area contributed by atoms with Crippen LogP contribution in [-0.4, -0.2) is 74.2 Å². The number of carbonyl (C=O) groups is 3. The van der Waals surface area contributed by atoms with Gasteiger partial charge in [0.2, 0.25) is 0 Å². The number of benzene rings is 1. The molecular formula is C22H23N7O7. The van der Waals surface area contributed by atoms with E-state index in [0.29, 0.717) is 23.3 Å². The third-order valence-electron chi connectivity index (χ3n) is 5.87. The van der Waals surface area contributed by atoms with Crippen molar-refractivity contribution in [1.82, 2.24) is 30.2 Å². The summed E-state index contributed by atoms with van der Waals surface area (Å²) in [6.07, 6.45) is -0.390. The maximum Gasteiger partial charge on any atom is 0.336 e. The highest BCUT2D eigenvalue weighted by molar-refractivity contribution is 5.95. The van der Waals surface area contributed by atoms with Crippen molar-refractivity contribution in [2.45, 2.75) is 38.0 Å². The standard InChI is InChI=1S/C22H23N7O7/c1-2-23-22(33)28-17-13-18(26-8-25-17)29(9-27-13)20-16-14(34-10-35-16)15(36-20)19(30)24-7-11-5-3-4-6-12(11)21(31)32/h3-6,8-9,14-16,20H,2,7,10H2,1H3,(H,24,30)(H,31,32)(H2,23,25,26,28,33). The summed E-state index contributed by atoms with van der Waals surface area (Å²) in [7, 11) is 0. The third-order valence-corrected chi connectivity index (χ3v) is 5.87. The Hall–Kier alpha value is -4.14. The van der Waals surface area contributed by atoms with Crippen molar-refractivity contribution in [2.75, 3.05) is 18.7 Å². The van der Waals surface area contributed by atoms with Crippen molar-refractivity contribution in [3.8, 4) is 0 Å². The summed E-state index contributed by atoms with van der Waals surface area (Å²) in [6.45, 7) is 2.21. The van der Waals surface area contributed by atoms with Crippen LogP contribution in [0.2, 0.25) is 0 Å². The van der Waals surface area contributed by atoms with E-state index in [9.17, 15) is 19.5 Å². The topological polar surface area (TPSA) is 179 Å². The van der Waals surface area contributed by atoms with Crippen LogP contribution in [0.25, 0.3) is 11.2 Å². The lowest BCUT2D eigenvalue weighted by atomic mass is 10.1. The van der Waals surface area contributed by atoms with Crippen LogP contribution in [0, 0.1) is 0 Å². The van der Waals surface area contributed by atoms with Gasteiger partial charge < -0.3 is 30.0 Å². The number of nitrogens with zero attached hydrogens (tertiary/aromatic N) is 4. The number of amides is 3. The second-order valence-corrected chi connectivity index (χ2v) is 8.04. The number of rotatable bonds is 7. The number of imidazole rings is 1. The van der Waals surface area contributed by atoms with Crippen LogP contribution in [0.3, 0.4) is 0 Å². The zero-order valence-electron chi connectivity index (χ0n) is 19.1. The minimum Gasteiger partial charge on any atom is -0.478 e. The smallest absolute Gasteiger partial charge is 0.336 e. The molecule has 0 saturated carbocycles. The van der Waals surface area contributed by atoms with Gasteiger partial charge in [0.1, 0.15) is 25.3 Å². The molecule has 5 rings (SSSR count). The molecule has 36 heavy (non-hydrogen) atoms. The molecule has 4 atom stereocenters. The number of fused-ring (bicyclic) bond motifs is 2. The van der Waals surface area contributed by atoms with Gasteiger partial charge in [-0.2, -0.15) is 0 Å². The van der Waals surface area contributed by atoms with Crippen LogP contribution in [-0.2, 0) is 25.5 Å². The van der Waals surface area contributed by atoms with Crippen molar-refractivity contribution < 1.29 is 33.7 Å². The minimum atomic E-state index is -1.08. The number of carboxylic acid groups (broad SMARTS) is 1. The Morgan fingerprint density at radius 1 is 1.11 bits per heavy atom. The number of anilines is 1. The molecule has 1 aromatic carbocycles. The number of hydrogen-bond acceptors (Lipinski definition) is 9. The molecular weight excluding hydrogens is 474 g/mol. The minimum absolute atomic E-state index is 0.000160. The SMILES string of the molecule is CCNC(=O)Nc1ncnc2c1ncn2C1OC(C(=O)NCc2ccccc2C(=O)O)C2OCOC21. The fourth-order valence-electron chi connectivity index (χ4n) is 4.24. The van der Waals surface area contributed by atoms with Crippen LogP contribution in [0.1, 0.15) is 29.1 Å². The van der Waals surface area contributed by atoms with Crippen LogP contribution in [0.15, 0.2) is 36.9 Å². The molecule has 14 nitrogen and oxygen atoms in total. The number of ether oxygens (including phenoxy) is 3. The van der Waals surface area contributed by atoms with E-state index < -0.39 is 42.4 Å². The number of nitrogens with one attached hydrogen (secondary N) is 3. The Morgan fingerprint density at radius 2 is 1.92 bits per heavy atom. The summed E-state index contributed by atoms with van der Waals surface area (Å²) in [5.74, 6) is -1.34. The lowest BCUT2D eigenvalue weighted by Gasteiger charge is -2.18. The molecule has 4 unspecified atom stereocenters. The number of urea groups is 1. The van der Waals surface area contributed by atoms with Crippen molar-refractivity contribution in [2.24, 2.45) is 0 Å². The Balaban J connectivity index is 1.35. The van der Waals surface area contributed by atoms with Crippen LogP contribution >= 0.6 is 0 Å². The highest BCUT2D eigenvalue weighted by Gasteiger charge is 2.53. The molecule has 0 spiro atoms. The van der Waals surface area contributed by atoms with Crippen molar-refractivity contribution in [3.05, 3.63) is 48.0 Å². The molecule has 3 amide bonds. The average molecular weight is 497 g/mol. The number of carbonyl (C=O) groups excluding carboxylic acids is 2. The Labute approximate surface area is 204 Å². The first-order valence-electron chi connectivity index (χ1n) is 11.2. The van der Waals surface area contributed by atoms with Crippen LogP contribution < -0.4 is 16.0 Å². The van der Waals surface area contributed by atoms with Gasteiger partial charge in [-0.3, -0.25) is 14.7 Å². The second-order valence-electron chi connectivity index (χ2n) is 8.04. The Bertz CT molecular complexity index is 1310. The van der Waals surface area contributed by atoms with E-state index in [2.05, 4.69) is 30.9 Å². The first-order chi connectivity index (χ1) is 17.5. The number of carboxylic acids is 1. The van der Waals surface area contributed by atoms with Gasteiger partial charge >= 0.3 is 12.0 Å². The highest BCUT2D eigenvalue weighted by atomic mass is 16.7. The molecule has 3 aromatic rings. The van der Waals surface area contributed by atoms with Gasteiger partial charge in [-0.15, -0.1) is 0 Å². The maximum atomic E-state index is 13.0. The Kier molecular flexibility index (Phi) is 6.45. The largest absolute Gasteiger partial charge is 0.478 e. The molecule has 188 valence electrons. The molecule has 2 fully saturated rings. The van der Waals surface area contributed by atoms with E-state index in [1.807, 2.05) is 0 Å². The number of aromatic nitrogens is 4. The van der Waals surface area contributed by atoms with Crippen molar-refractivity contribution >= 4 is 34.9 Å². The van der Waals surface area contributed by atoms with Gasteiger partial charge in [-0.1, -0.05) is 18.2 Å². The number of aromatic carboxylic acids is 1. The van der Waals surface area contributed by atoms with Gasteiger partial charge in [0.25, 0.3) is 5.91 Å². The summed E-state index contributed by atoms with van der Waals surface area (Å²) in [5, 5.41) is 17.3. The van der Waals surface area contributed by atoms with Gasteiger partial charge in [0.15, 0.2) is 29.3 Å².